The summed E-state index contributed by atoms with van der Waals surface area (Å²) in [5, 5.41) is 6.27. The van der Waals surface area contributed by atoms with E-state index >= 15 is 0 Å². The summed E-state index contributed by atoms with van der Waals surface area (Å²) in [6.45, 7) is 6.41. The average Bonchev–Trinajstić information content (AvgIpc) is 3.17. The number of aromatic nitrogens is 4. The molecule has 32 heavy (non-hydrogen) atoms. The summed E-state index contributed by atoms with van der Waals surface area (Å²) in [4.78, 5) is 19.7. The van der Waals surface area contributed by atoms with Crippen LogP contribution in [0.15, 0.2) is 24.3 Å². The number of aryl methyl sites for hydroxylation is 2. The van der Waals surface area contributed by atoms with Crippen molar-refractivity contribution in [3.8, 4) is 11.5 Å². The minimum absolute atomic E-state index is 0.119. The highest BCUT2D eigenvalue weighted by molar-refractivity contribution is 5.76. The van der Waals surface area contributed by atoms with Crippen LogP contribution in [0, 0.1) is 13.8 Å². The number of benzene rings is 1. The molecular formula is C21H24F3N5O3. The summed E-state index contributed by atoms with van der Waals surface area (Å²) in [5.41, 5.74) is 1.65. The van der Waals surface area contributed by atoms with Gasteiger partial charge in [-0.1, -0.05) is 0 Å². The summed E-state index contributed by atoms with van der Waals surface area (Å²) < 4.78 is 50.7. The number of hydrogen-bond acceptors (Lipinski definition) is 6. The topological polar surface area (TPSA) is 90.6 Å². The molecule has 0 aliphatic carbocycles. The normalized spacial score (nSPS) is 11.6. The molecule has 0 saturated heterocycles. The molecule has 0 aliphatic heterocycles. The maximum Gasteiger partial charge on any atom is 0.453 e. The highest BCUT2D eigenvalue weighted by Gasteiger charge is 2.36. The van der Waals surface area contributed by atoms with Gasteiger partial charge in [0.25, 0.3) is 11.6 Å². The van der Waals surface area contributed by atoms with Crippen LogP contribution in [0.25, 0.3) is 5.78 Å². The Hall–Kier alpha value is -3.37. The van der Waals surface area contributed by atoms with Gasteiger partial charge in [0.15, 0.2) is 0 Å². The van der Waals surface area contributed by atoms with Crippen molar-refractivity contribution in [1.29, 1.82) is 0 Å². The molecule has 8 nitrogen and oxygen atoms in total. The standard InChI is InChI=1S/C21H24F3N5O3/c1-4-31-15-5-7-16(8-6-15)32-12-11-25-18(30)10-9-17-13(2)26-20-27-19(21(22,23)24)28-29(20)14(17)3/h5-8H,4,9-12H2,1-3H3,(H,25,30). The maximum absolute atomic E-state index is 12.9. The zero-order valence-electron chi connectivity index (χ0n) is 18.0. The SMILES string of the molecule is CCOc1ccc(OCCNC(=O)CCc2c(C)nc3nc(C(F)(F)F)nn3c2C)cc1. The van der Waals surface area contributed by atoms with Gasteiger partial charge in [-0.05, 0) is 57.0 Å². The molecule has 0 radical (unpaired) electrons. The number of ether oxygens (including phenoxy) is 2. The lowest BCUT2D eigenvalue weighted by Crippen LogP contribution is -2.28. The van der Waals surface area contributed by atoms with E-state index in [2.05, 4.69) is 20.4 Å². The third-order valence-electron chi connectivity index (χ3n) is 4.73. The van der Waals surface area contributed by atoms with Crippen molar-refractivity contribution in [2.24, 2.45) is 0 Å². The zero-order valence-corrected chi connectivity index (χ0v) is 18.0. The molecule has 1 aromatic carbocycles. The highest BCUT2D eigenvalue weighted by atomic mass is 19.4. The fourth-order valence-electron chi connectivity index (χ4n) is 3.18. The van der Waals surface area contributed by atoms with E-state index < -0.39 is 12.0 Å². The molecule has 11 heteroatoms. The minimum Gasteiger partial charge on any atom is -0.494 e. The number of rotatable bonds is 9. The van der Waals surface area contributed by atoms with Gasteiger partial charge in [-0.2, -0.15) is 18.2 Å². The number of alkyl halides is 3. The lowest BCUT2D eigenvalue weighted by atomic mass is 10.1. The third kappa shape index (κ3) is 5.65. The number of nitrogens with zero attached hydrogens (tertiary/aromatic N) is 4. The zero-order chi connectivity index (χ0) is 23.3. The molecule has 0 spiro atoms. The molecule has 0 atom stereocenters. The van der Waals surface area contributed by atoms with Crippen molar-refractivity contribution in [2.75, 3.05) is 19.8 Å². The second-order valence-electron chi connectivity index (χ2n) is 7.01. The molecule has 0 fully saturated rings. The Kier molecular flexibility index (Phi) is 7.16. The molecular weight excluding hydrogens is 427 g/mol. The average molecular weight is 451 g/mol. The van der Waals surface area contributed by atoms with Gasteiger partial charge in [0.1, 0.15) is 18.1 Å². The first-order valence-electron chi connectivity index (χ1n) is 10.1. The van der Waals surface area contributed by atoms with E-state index in [1.165, 1.54) is 0 Å². The van der Waals surface area contributed by atoms with Crippen LogP contribution in [-0.4, -0.2) is 45.2 Å². The van der Waals surface area contributed by atoms with Crippen LogP contribution >= 0.6 is 0 Å². The predicted molar refractivity (Wildman–Crippen MR) is 110 cm³/mol. The summed E-state index contributed by atoms with van der Waals surface area (Å²) in [5.74, 6) is -0.137. The van der Waals surface area contributed by atoms with E-state index in [4.69, 9.17) is 9.47 Å². The van der Waals surface area contributed by atoms with Crippen LogP contribution in [-0.2, 0) is 17.4 Å². The monoisotopic (exact) mass is 451 g/mol. The first-order chi connectivity index (χ1) is 15.2. The van der Waals surface area contributed by atoms with Crippen LogP contribution in [0.2, 0.25) is 0 Å². The number of nitrogens with one attached hydrogen (secondary N) is 1. The number of carbonyl (C=O) groups is 1. The van der Waals surface area contributed by atoms with Gasteiger partial charge in [0.2, 0.25) is 5.91 Å². The molecule has 3 aromatic rings. The molecule has 0 bridgehead atoms. The van der Waals surface area contributed by atoms with Gasteiger partial charge in [-0.15, -0.1) is 5.10 Å². The Morgan fingerprint density at radius 2 is 1.75 bits per heavy atom. The van der Waals surface area contributed by atoms with Crippen LogP contribution in [0.5, 0.6) is 11.5 Å². The molecule has 2 aromatic heterocycles. The summed E-state index contributed by atoms with van der Waals surface area (Å²) in [7, 11) is 0. The van der Waals surface area contributed by atoms with E-state index in [0.717, 1.165) is 10.3 Å². The number of amides is 1. The Bertz CT molecular complexity index is 1080. The molecule has 1 N–H and O–H groups in total. The van der Waals surface area contributed by atoms with Gasteiger partial charge in [0, 0.05) is 17.8 Å². The summed E-state index contributed by atoms with van der Waals surface area (Å²) in [6, 6.07) is 7.19. The molecule has 0 aliphatic rings. The van der Waals surface area contributed by atoms with Crippen LogP contribution in [0.3, 0.4) is 0 Å². The van der Waals surface area contributed by atoms with E-state index in [0.29, 0.717) is 48.9 Å². The number of halogens is 3. The number of fused-ring (bicyclic) bond motifs is 1. The van der Waals surface area contributed by atoms with Crippen molar-refractivity contribution >= 4 is 11.7 Å². The van der Waals surface area contributed by atoms with E-state index in [-0.39, 0.29) is 18.1 Å². The van der Waals surface area contributed by atoms with Gasteiger partial charge in [-0.25, -0.2) is 9.50 Å². The van der Waals surface area contributed by atoms with E-state index in [1.807, 2.05) is 6.92 Å². The largest absolute Gasteiger partial charge is 0.494 e. The van der Waals surface area contributed by atoms with Gasteiger partial charge in [-0.3, -0.25) is 4.79 Å². The Balaban J connectivity index is 1.51. The molecule has 172 valence electrons. The van der Waals surface area contributed by atoms with Gasteiger partial charge in [0.05, 0.1) is 13.2 Å². The maximum atomic E-state index is 12.9. The van der Waals surface area contributed by atoms with Gasteiger partial charge < -0.3 is 14.8 Å². The summed E-state index contributed by atoms with van der Waals surface area (Å²) in [6.07, 6.45) is -4.19. The van der Waals surface area contributed by atoms with Crippen molar-refractivity contribution < 1.29 is 27.4 Å². The Labute approximate surface area is 182 Å². The first-order valence-corrected chi connectivity index (χ1v) is 10.1. The van der Waals surface area contributed by atoms with Crippen molar-refractivity contribution in [1.82, 2.24) is 24.9 Å². The first kappa shape index (κ1) is 23.3. The molecule has 3 rings (SSSR count). The lowest BCUT2D eigenvalue weighted by molar-refractivity contribution is -0.144. The lowest BCUT2D eigenvalue weighted by Gasteiger charge is -2.11. The van der Waals surface area contributed by atoms with E-state index in [1.54, 1.807) is 38.1 Å². The Morgan fingerprint density at radius 3 is 2.38 bits per heavy atom. The smallest absolute Gasteiger partial charge is 0.453 e. The number of hydrogen-bond donors (Lipinski definition) is 1. The van der Waals surface area contributed by atoms with Crippen LogP contribution < -0.4 is 14.8 Å². The van der Waals surface area contributed by atoms with Gasteiger partial charge >= 0.3 is 6.18 Å². The summed E-state index contributed by atoms with van der Waals surface area (Å²) >= 11 is 0. The second kappa shape index (κ2) is 9.84. The van der Waals surface area contributed by atoms with Crippen molar-refractivity contribution in [2.45, 2.75) is 39.8 Å². The van der Waals surface area contributed by atoms with Crippen molar-refractivity contribution in [3.05, 3.63) is 47.0 Å². The van der Waals surface area contributed by atoms with Crippen LogP contribution in [0.1, 0.15) is 36.1 Å². The second-order valence-corrected chi connectivity index (χ2v) is 7.01. The third-order valence-corrected chi connectivity index (χ3v) is 4.73. The van der Waals surface area contributed by atoms with Crippen molar-refractivity contribution in [3.63, 3.8) is 0 Å². The fraction of sp³-hybridized carbons (Fsp3) is 0.429. The van der Waals surface area contributed by atoms with E-state index in [9.17, 15) is 18.0 Å². The predicted octanol–water partition coefficient (Wildman–Crippen LogP) is 3.29. The Morgan fingerprint density at radius 1 is 1.09 bits per heavy atom. The molecule has 0 unspecified atom stereocenters. The van der Waals surface area contributed by atoms with Crippen LogP contribution in [0.4, 0.5) is 13.2 Å². The molecule has 2 heterocycles. The molecule has 1 amide bonds. The number of carbonyl (C=O) groups excluding carboxylic acids is 1. The minimum atomic E-state index is -4.65. The quantitative estimate of drug-likeness (QED) is 0.502. The highest BCUT2D eigenvalue weighted by Crippen LogP contribution is 2.27. The fourth-order valence-corrected chi connectivity index (χ4v) is 3.18. The molecule has 0 saturated carbocycles.